The number of hydrogen-bond acceptors (Lipinski definition) is 7. The van der Waals surface area contributed by atoms with Gasteiger partial charge in [0.2, 0.25) is 15.8 Å². The fourth-order valence-electron chi connectivity index (χ4n) is 2.53. The van der Waals surface area contributed by atoms with Crippen LogP contribution in [0.25, 0.3) is 0 Å². The highest BCUT2D eigenvalue weighted by molar-refractivity contribution is 7.93. The number of nitrogen functional groups attached to an aromatic ring is 1. The molecule has 0 amide bonds. The molecule has 8 heteroatoms. The summed E-state index contributed by atoms with van der Waals surface area (Å²) in [5.74, 6) is 0.534. The smallest absolute Gasteiger partial charge is 0.227 e. The van der Waals surface area contributed by atoms with Gasteiger partial charge in [-0.2, -0.15) is 4.98 Å². The molecule has 2 aromatic rings. The van der Waals surface area contributed by atoms with E-state index >= 15 is 0 Å². The van der Waals surface area contributed by atoms with Crippen LogP contribution < -0.4 is 10.6 Å². The van der Waals surface area contributed by atoms with Crippen LogP contribution in [0.4, 0.5) is 11.8 Å². The summed E-state index contributed by atoms with van der Waals surface area (Å²) in [7, 11) is -3.63. The molecule has 2 N–H and O–H groups in total. The van der Waals surface area contributed by atoms with Crippen LogP contribution in [0.5, 0.6) is 0 Å². The van der Waals surface area contributed by atoms with Gasteiger partial charge in [0.15, 0.2) is 0 Å². The summed E-state index contributed by atoms with van der Waals surface area (Å²) in [4.78, 5) is 10.5. The standard InChI is InChI=1S/C14H18N4O2S2/c15-13-11(22(19,20)12-6-5-9-21-12)10-16-14(17-13)18-7-3-1-2-4-8-18/h5-6,9-10H,1-4,7-8H2,(H2,15,16,17). The van der Waals surface area contributed by atoms with Crippen molar-refractivity contribution in [1.82, 2.24) is 9.97 Å². The van der Waals surface area contributed by atoms with Crippen LogP contribution in [0, 0.1) is 0 Å². The Labute approximate surface area is 133 Å². The van der Waals surface area contributed by atoms with Gasteiger partial charge in [-0.05, 0) is 24.3 Å². The van der Waals surface area contributed by atoms with E-state index < -0.39 is 9.84 Å². The van der Waals surface area contributed by atoms with Crippen molar-refractivity contribution in [3.8, 4) is 0 Å². The van der Waals surface area contributed by atoms with Gasteiger partial charge in [0, 0.05) is 13.1 Å². The number of aromatic nitrogens is 2. The zero-order valence-electron chi connectivity index (χ0n) is 12.1. The van der Waals surface area contributed by atoms with E-state index in [2.05, 4.69) is 14.9 Å². The molecule has 1 saturated heterocycles. The lowest BCUT2D eigenvalue weighted by atomic mass is 10.2. The molecule has 0 spiro atoms. The molecule has 118 valence electrons. The third kappa shape index (κ3) is 2.93. The molecular weight excluding hydrogens is 320 g/mol. The Hall–Kier alpha value is -1.67. The highest BCUT2D eigenvalue weighted by atomic mass is 32.2. The summed E-state index contributed by atoms with van der Waals surface area (Å²) in [5, 5.41) is 1.72. The Bertz CT molecular complexity index is 736. The van der Waals surface area contributed by atoms with Gasteiger partial charge in [0.25, 0.3) is 0 Å². The summed E-state index contributed by atoms with van der Waals surface area (Å²) in [5.41, 5.74) is 5.91. The number of nitrogens with zero attached hydrogens (tertiary/aromatic N) is 3. The highest BCUT2D eigenvalue weighted by Crippen LogP contribution is 2.28. The maximum Gasteiger partial charge on any atom is 0.227 e. The number of rotatable bonds is 3. The first-order valence-electron chi connectivity index (χ1n) is 7.25. The van der Waals surface area contributed by atoms with Crippen LogP contribution in [0.15, 0.2) is 32.8 Å². The maximum absolute atomic E-state index is 12.5. The number of hydrogen-bond donors (Lipinski definition) is 1. The molecule has 2 aromatic heterocycles. The Morgan fingerprint density at radius 2 is 1.91 bits per heavy atom. The molecule has 0 saturated carbocycles. The normalized spacial score (nSPS) is 16.5. The third-order valence-electron chi connectivity index (χ3n) is 3.71. The second-order valence-electron chi connectivity index (χ2n) is 5.26. The van der Waals surface area contributed by atoms with E-state index in [-0.39, 0.29) is 14.9 Å². The van der Waals surface area contributed by atoms with E-state index in [0.717, 1.165) is 37.3 Å². The summed E-state index contributed by atoms with van der Waals surface area (Å²) in [6.45, 7) is 1.77. The molecule has 0 aromatic carbocycles. The van der Waals surface area contributed by atoms with Crippen molar-refractivity contribution in [1.29, 1.82) is 0 Å². The van der Waals surface area contributed by atoms with Crippen LogP contribution in [0.1, 0.15) is 25.7 Å². The number of nitrogens with two attached hydrogens (primary N) is 1. The first-order valence-corrected chi connectivity index (χ1v) is 9.61. The topological polar surface area (TPSA) is 89.2 Å². The molecule has 0 radical (unpaired) electrons. The van der Waals surface area contributed by atoms with Crippen molar-refractivity contribution in [2.24, 2.45) is 0 Å². The minimum Gasteiger partial charge on any atom is -0.382 e. The zero-order valence-corrected chi connectivity index (χ0v) is 13.7. The molecular formula is C14H18N4O2S2. The molecule has 0 unspecified atom stereocenters. The monoisotopic (exact) mass is 338 g/mol. The van der Waals surface area contributed by atoms with Gasteiger partial charge >= 0.3 is 0 Å². The average Bonchev–Trinajstić information content (AvgIpc) is 2.91. The van der Waals surface area contributed by atoms with Crippen molar-refractivity contribution in [3.05, 3.63) is 23.7 Å². The van der Waals surface area contributed by atoms with Crippen LogP contribution in [-0.4, -0.2) is 31.5 Å². The molecule has 0 aliphatic carbocycles. The van der Waals surface area contributed by atoms with Crippen LogP contribution in [-0.2, 0) is 9.84 Å². The van der Waals surface area contributed by atoms with Crippen molar-refractivity contribution >= 4 is 32.9 Å². The number of anilines is 2. The van der Waals surface area contributed by atoms with Crippen LogP contribution in [0.2, 0.25) is 0 Å². The van der Waals surface area contributed by atoms with Gasteiger partial charge in [0.1, 0.15) is 14.9 Å². The van der Waals surface area contributed by atoms with Crippen molar-refractivity contribution in [2.75, 3.05) is 23.7 Å². The highest BCUT2D eigenvalue weighted by Gasteiger charge is 2.24. The molecule has 22 heavy (non-hydrogen) atoms. The molecule has 0 bridgehead atoms. The molecule has 3 rings (SSSR count). The minimum atomic E-state index is -3.63. The van der Waals surface area contributed by atoms with E-state index in [1.54, 1.807) is 17.5 Å². The van der Waals surface area contributed by atoms with E-state index in [1.807, 2.05) is 0 Å². The molecule has 3 heterocycles. The fraction of sp³-hybridized carbons (Fsp3) is 0.429. The predicted octanol–water partition coefficient (Wildman–Crippen LogP) is 2.33. The van der Waals surface area contributed by atoms with E-state index in [0.29, 0.717) is 5.95 Å². The number of sulfone groups is 1. The van der Waals surface area contributed by atoms with E-state index in [9.17, 15) is 8.42 Å². The van der Waals surface area contributed by atoms with Crippen LogP contribution in [0.3, 0.4) is 0 Å². The molecule has 0 atom stereocenters. The Morgan fingerprint density at radius 1 is 1.18 bits per heavy atom. The fourth-order valence-corrected chi connectivity index (χ4v) is 4.91. The summed E-state index contributed by atoms with van der Waals surface area (Å²) >= 11 is 1.16. The molecule has 1 fully saturated rings. The van der Waals surface area contributed by atoms with Gasteiger partial charge in [0.05, 0.1) is 6.20 Å². The Balaban J connectivity index is 1.92. The molecule has 1 aliphatic rings. The van der Waals surface area contributed by atoms with Gasteiger partial charge in [-0.3, -0.25) is 0 Å². The Kier molecular flexibility index (Phi) is 4.30. The lowest BCUT2D eigenvalue weighted by Crippen LogP contribution is -2.26. The predicted molar refractivity (Wildman–Crippen MR) is 86.9 cm³/mol. The summed E-state index contributed by atoms with van der Waals surface area (Å²) < 4.78 is 25.2. The van der Waals surface area contributed by atoms with Gasteiger partial charge in [-0.1, -0.05) is 18.9 Å². The Morgan fingerprint density at radius 3 is 2.50 bits per heavy atom. The first-order chi connectivity index (χ1) is 10.6. The summed E-state index contributed by atoms with van der Waals surface area (Å²) in [6.07, 6.45) is 5.93. The average molecular weight is 338 g/mol. The third-order valence-corrected chi connectivity index (χ3v) is 6.88. The second-order valence-corrected chi connectivity index (χ2v) is 8.35. The lowest BCUT2D eigenvalue weighted by molar-refractivity contribution is 0.597. The van der Waals surface area contributed by atoms with Crippen molar-refractivity contribution in [2.45, 2.75) is 34.8 Å². The van der Waals surface area contributed by atoms with E-state index in [4.69, 9.17) is 5.73 Å². The largest absolute Gasteiger partial charge is 0.382 e. The maximum atomic E-state index is 12.5. The number of thiophene rings is 1. The van der Waals surface area contributed by atoms with Crippen molar-refractivity contribution in [3.63, 3.8) is 0 Å². The first kappa shape index (κ1) is 15.2. The zero-order chi connectivity index (χ0) is 15.6. The SMILES string of the molecule is Nc1nc(N2CCCCCC2)ncc1S(=O)(=O)c1cccs1. The summed E-state index contributed by atoms with van der Waals surface area (Å²) in [6, 6.07) is 3.25. The van der Waals surface area contributed by atoms with Crippen LogP contribution >= 0.6 is 11.3 Å². The lowest BCUT2D eigenvalue weighted by Gasteiger charge is -2.20. The minimum absolute atomic E-state index is 0.0163. The van der Waals surface area contributed by atoms with Gasteiger partial charge in [-0.25, -0.2) is 13.4 Å². The van der Waals surface area contributed by atoms with Crippen molar-refractivity contribution < 1.29 is 8.42 Å². The van der Waals surface area contributed by atoms with E-state index in [1.165, 1.54) is 19.0 Å². The molecule has 1 aliphatic heterocycles. The van der Waals surface area contributed by atoms with Gasteiger partial charge < -0.3 is 10.6 Å². The quantitative estimate of drug-likeness (QED) is 0.924. The van der Waals surface area contributed by atoms with Gasteiger partial charge in [-0.15, -0.1) is 11.3 Å². The molecule has 6 nitrogen and oxygen atoms in total. The second kappa shape index (κ2) is 6.21.